The summed E-state index contributed by atoms with van der Waals surface area (Å²) in [6.45, 7) is 7.94. The maximum atomic E-state index is 13.1. The number of hydrogen-bond acceptors (Lipinski definition) is 3. The number of benzene rings is 1. The molecule has 0 aliphatic carbocycles. The van der Waals surface area contributed by atoms with E-state index in [4.69, 9.17) is 4.74 Å². The summed E-state index contributed by atoms with van der Waals surface area (Å²) < 4.78 is 5.08. The van der Waals surface area contributed by atoms with Gasteiger partial charge in [0.05, 0.1) is 12.0 Å². The van der Waals surface area contributed by atoms with Crippen LogP contribution in [-0.2, 0) is 19.7 Å². The lowest BCUT2D eigenvalue weighted by atomic mass is 9.68. The smallest absolute Gasteiger partial charge is 0.316 e. The lowest BCUT2D eigenvalue weighted by molar-refractivity contribution is -0.153. The van der Waals surface area contributed by atoms with Crippen molar-refractivity contribution in [1.29, 1.82) is 0 Å². The quantitative estimate of drug-likeness (QED) is 0.538. The number of ketones is 1. The van der Waals surface area contributed by atoms with E-state index in [-0.39, 0.29) is 5.78 Å². The van der Waals surface area contributed by atoms with Gasteiger partial charge in [0.2, 0.25) is 0 Å². The first-order chi connectivity index (χ1) is 10.1. The van der Waals surface area contributed by atoms with Crippen molar-refractivity contribution in [2.24, 2.45) is 5.92 Å². The Morgan fingerprint density at radius 2 is 1.62 bits per heavy atom. The maximum Gasteiger partial charge on any atom is 0.316 e. The predicted molar refractivity (Wildman–Crippen MR) is 84.1 cm³/mol. The summed E-state index contributed by atoms with van der Waals surface area (Å²) in [4.78, 5) is 25.2. The van der Waals surface area contributed by atoms with Gasteiger partial charge in [-0.25, -0.2) is 0 Å². The fraction of sp³-hybridized carbons (Fsp3) is 0.556. The number of hydrogen-bond donors (Lipinski definition) is 0. The molecule has 0 radical (unpaired) electrons. The second-order valence-electron chi connectivity index (χ2n) is 5.23. The molecule has 3 heteroatoms. The molecule has 0 fully saturated rings. The topological polar surface area (TPSA) is 43.4 Å². The van der Waals surface area contributed by atoms with Gasteiger partial charge in [-0.3, -0.25) is 9.59 Å². The minimum Gasteiger partial charge on any atom is -0.465 e. The highest BCUT2D eigenvalue weighted by Gasteiger charge is 2.42. The molecular weight excluding hydrogens is 264 g/mol. The summed E-state index contributed by atoms with van der Waals surface area (Å²) in [6, 6.07) is 9.76. The van der Waals surface area contributed by atoms with Crippen LogP contribution in [0.2, 0.25) is 0 Å². The first-order valence-electron chi connectivity index (χ1n) is 7.83. The molecule has 0 N–H and O–H groups in total. The molecule has 0 aliphatic heterocycles. The average Bonchev–Trinajstić information content (AvgIpc) is 2.51. The van der Waals surface area contributed by atoms with Crippen LogP contribution in [0.1, 0.15) is 52.5 Å². The third-order valence-corrected chi connectivity index (χ3v) is 4.30. The molecule has 3 nitrogen and oxygen atoms in total. The zero-order valence-corrected chi connectivity index (χ0v) is 13.5. The Morgan fingerprint density at radius 1 is 1.05 bits per heavy atom. The summed E-state index contributed by atoms with van der Waals surface area (Å²) >= 11 is 0. The first-order valence-corrected chi connectivity index (χ1v) is 7.83. The highest BCUT2D eigenvalue weighted by Crippen LogP contribution is 2.36. The van der Waals surface area contributed by atoms with Gasteiger partial charge in [-0.05, 0) is 31.7 Å². The van der Waals surface area contributed by atoms with Gasteiger partial charge < -0.3 is 4.74 Å². The van der Waals surface area contributed by atoms with Crippen LogP contribution in [-0.4, -0.2) is 18.4 Å². The molecule has 116 valence electrons. The van der Waals surface area contributed by atoms with Crippen molar-refractivity contribution in [3.63, 3.8) is 0 Å². The highest BCUT2D eigenvalue weighted by molar-refractivity contribution is 6.04. The van der Waals surface area contributed by atoms with E-state index in [0.717, 1.165) is 5.56 Å². The zero-order valence-electron chi connectivity index (χ0n) is 13.5. The number of carbonyl (C=O) groups is 2. The van der Waals surface area contributed by atoms with Crippen molar-refractivity contribution in [1.82, 2.24) is 0 Å². The Labute approximate surface area is 127 Å². The van der Waals surface area contributed by atoms with Gasteiger partial charge in [0.25, 0.3) is 0 Å². The van der Waals surface area contributed by atoms with E-state index >= 15 is 0 Å². The number of Topliss-reactive ketones (excluding diaryl/α,β-unsaturated/α-hetero) is 1. The van der Waals surface area contributed by atoms with Crippen molar-refractivity contribution in [3.05, 3.63) is 35.9 Å². The Morgan fingerprint density at radius 3 is 2.05 bits per heavy atom. The van der Waals surface area contributed by atoms with E-state index in [1.807, 2.05) is 51.1 Å². The van der Waals surface area contributed by atoms with Gasteiger partial charge in [0, 0.05) is 0 Å². The molecule has 0 spiro atoms. The van der Waals surface area contributed by atoms with E-state index in [0.29, 0.717) is 25.9 Å². The number of esters is 1. The highest BCUT2D eigenvalue weighted by atomic mass is 16.5. The second kappa shape index (κ2) is 7.96. The minimum absolute atomic E-state index is 0.0142. The second-order valence-corrected chi connectivity index (χ2v) is 5.23. The average molecular weight is 290 g/mol. The van der Waals surface area contributed by atoms with E-state index in [2.05, 4.69) is 0 Å². The van der Waals surface area contributed by atoms with E-state index in [1.165, 1.54) is 0 Å². The summed E-state index contributed by atoms with van der Waals surface area (Å²) in [6.07, 6.45) is 1.84. The molecule has 1 aromatic carbocycles. The van der Waals surface area contributed by atoms with Crippen molar-refractivity contribution >= 4 is 11.8 Å². The molecular formula is C18H26O3. The predicted octanol–water partition coefficient (Wildman–Crippen LogP) is 3.90. The minimum atomic E-state index is -0.676. The zero-order chi connectivity index (χ0) is 15.9. The van der Waals surface area contributed by atoms with Gasteiger partial charge >= 0.3 is 5.97 Å². The normalized spacial score (nSPS) is 12.8. The molecule has 0 amide bonds. The SMILES string of the molecule is CCOC(=O)C(CC)C(=O)C(CC)(CC)c1ccccc1. The van der Waals surface area contributed by atoms with Gasteiger partial charge in [0.15, 0.2) is 5.78 Å². The molecule has 1 aromatic rings. The summed E-state index contributed by atoms with van der Waals surface area (Å²) in [5.74, 6) is -1.09. The lowest BCUT2D eigenvalue weighted by Gasteiger charge is -2.33. The van der Waals surface area contributed by atoms with Crippen molar-refractivity contribution in [3.8, 4) is 0 Å². The Kier molecular flexibility index (Phi) is 6.60. The van der Waals surface area contributed by atoms with Crippen LogP contribution >= 0.6 is 0 Å². The molecule has 0 bridgehead atoms. The number of ether oxygens (including phenoxy) is 1. The number of carbonyl (C=O) groups excluding carboxylic acids is 2. The van der Waals surface area contributed by atoms with Gasteiger partial charge in [0.1, 0.15) is 5.92 Å². The Balaban J connectivity index is 3.21. The molecule has 1 atom stereocenters. The van der Waals surface area contributed by atoms with Crippen LogP contribution in [0.15, 0.2) is 30.3 Å². The molecule has 0 aromatic heterocycles. The van der Waals surface area contributed by atoms with Gasteiger partial charge in [-0.15, -0.1) is 0 Å². The Bertz CT molecular complexity index is 461. The lowest BCUT2D eigenvalue weighted by Crippen LogP contribution is -2.42. The fourth-order valence-electron chi connectivity index (χ4n) is 2.94. The molecule has 21 heavy (non-hydrogen) atoms. The third kappa shape index (κ3) is 3.52. The van der Waals surface area contributed by atoms with E-state index < -0.39 is 17.3 Å². The van der Waals surface area contributed by atoms with Crippen LogP contribution in [0.3, 0.4) is 0 Å². The fourth-order valence-corrected chi connectivity index (χ4v) is 2.94. The summed E-state index contributed by atoms with van der Waals surface area (Å²) in [5, 5.41) is 0. The standard InChI is InChI=1S/C18H26O3/c1-5-15(17(20)21-8-4)16(19)18(6-2,7-3)14-12-10-9-11-13-14/h9-13,15H,5-8H2,1-4H3. The van der Waals surface area contributed by atoms with Crippen LogP contribution in [0.25, 0.3) is 0 Å². The van der Waals surface area contributed by atoms with E-state index in [1.54, 1.807) is 6.92 Å². The van der Waals surface area contributed by atoms with Crippen molar-refractivity contribution in [2.75, 3.05) is 6.61 Å². The summed E-state index contributed by atoms with van der Waals surface area (Å²) in [7, 11) is 0. The molecule has 0 aliphatic rings. The third-order valence-electron chi connectivity index (χ3n) is 4.30. The van der Waals surface area contributed by atoms with Gasteiger partial charge in [-0.2, -0.15) is 0 Å². The van der Waals surface area contributed by atoms with Gasteiger partial charge in [-0.1, -0.05) is 51.1 Å². The van der Waals surface area contributed by atoms with Crippen LogP contribution < -0.4 is 0 Å². The molecule has 1 rings (SSSR count). The number of rotatable bonds is 8. The van der Waals surface area contributed by atoms with Crippen LogP contribution in [0.4, 0.5) is 0 Å². The van der Waals surface area contributed by atoms with Crippen LogP contribution in [0, 0.1) is 5.92 Å². The molecule has 0 heterocycles. The maximum absolute atomic E-state index is 13.1. The molecule has 1 unspecified atom stereocenters. The summed E-state index contributed by atoms with van der Waals surface area (Å²) in [5.41, 5.74) is 0.386. The molecule has 0 saturated carbocycles. The van der Waals surface area contributed by atoms with Crippen LogP contribution in [0.5, 0.6) is 0 Å². The van der Waals surface area contributed by atoms with E-state index in [9.17, 15) is 9.59 Å². The largest absolute Gasteiger partial charge is 0.465 e. The monoisotopic (exact) mass is 290 g/mol. The van der Waals surface area contributed by atoms with Crippen molar-refractivity contribution in [2.45, 2.75) is 52.4 Å². The Hall–Kier alpha value is -1.64. The molecule has 0 saturated heterocycles. The van der Waals surface area contributed by atoms with Crippen molar-refractivity contribution < 1.29 is 14.3 Å². The first kappa shape index (κ1) is 17.4.